The maximum atomic E-state index is 13.3. The molecular weight excluding hydrogens is 357 g/mol. The van der Waals surface area contributed by atoms with Crippen LogP contribution >= 0.6 is 23.2 Å². The number of methoxy groups -OCH3 is 1. The number of nitrogens with zero attached hydrogens (tertiary/aromatic N) is 1. The van der Waals surface area contributed by atoms with E-state index in [1.165, 1.54) is 0 Å². The highest BCUT2D eigenvalue weighted by atomic mass is 35.5. The van der Waals surface area contributed by atoms with Gasteiger partial charge in [0, 0.05) is 16.8 Å². The maximum Gasteiger partial charge on any atom is 0.260 e. The van der Waals surface area contributed by atoms with E-state index in [1.807, 2.05) is 36.1 Å². The third kappa shape index (κ3) is 3.78. The molecule has 0 aliphatic heterocycles. The number of hydrogen-bond donors (Lipinski definition) is 0. The quantitative estimate of drug-likeness (QED) is 0.662. The van der Waals surface area contributed by atoms with Gasteiger partial charge in [0.2, 0.25) is 0 Å². The minimum Gasteiger partial charge on any atom is -0.497 e. The fraction of sp³-hybridized carbons (Fsp3) is 0.350. The molecule has 1 aliphatic rings. The van der Waals surface area contributed by atoms with Gasteiger partial charge in [0.1, 0.15) is 5.75 Å². The number of benzene rings is 2. The number of hydrogen-bond acceptors (Lipinski definition) is 2. The number of aryl methyl sites for hydroxylation is 1. The Bertz CT molecular complexity index is 785. The molecule has 0 aromatic heterocycles. The summed E-state index contributed by atoms with van der Waals surface area (Å²) < 4.78 is 5.22. The van der Waals surface area contributed by atoms with Gasteiger partial charge in [-0.3, -0.25) is 4.79 Å². The number of ether oxygens (including phenoxy) is 1. The molecule has 0 saturated heterocycles. The van der Waals surface area contributed by atoms with Crippen molar-refractivity contribution >= 4 is 34.8 Å². The summed E-state index contributed by atoms with van der Waals surface area (Å²) in [5, 5.41) is 0.940. The van der Waals surface area contributed by atoms with Crippen molar-refractivity contribution in [3.8, 4) is 5.75 Å². The number of halogens is 2. The van der Waals surface area contributed by atoms with E-state index in [9.17, 15) is 4.79 Å². The van der Waals surface area contributed by atoms with E-state index in [1.54, 1.807) is 19.2 Å². The van der Waals surface area contributed by atoms with Crippen LogP contribution in [-0.2, 0) is 0 Å². The van der Waals surface area contributed by atoms with Gasteiger partial charge in [-0.15, -0.1) is 0 Å². The summed E-state index contributed by atoms with van der Waals surface area (Å²) >= 11 is 12.4. The van der Waals surface area contributed by atoms with E-state index in [2.05, 4.69) is 6.92 Å². The Hall–Kier alpha value is -1.71. The van der Waals surface area contributed by atoms with E-state index in [0.717, 1.165) is 29.8 Å². The average Bonchev–Trinajstić information content (AvgIpc) is 3.43. The Kier molecular flexibility index (Phi) is 5.26. The van der Waals surface area contributed by atoms with Crippen molar-refractivity contribution in [2.24, 2.45) is 5.92 Å². The van der Waals surface area contributed by atoms with Crippen molar-refractivity contribution in [3.05, 3.63) is 57.6 Å². The normalized spacial score (nSPS) is 14.9. The van der Waals surface area contributed by atoms with Gasteiger partial charge in [0.15, 0.2) is 0 Å². The largest absolute Gasteiger partial charge is 0.497 e. The van der Waals surface area contributed by atoms with Gasteiger partial charge in [-0.2, -0.15) is 0 Å². The van der Waals surface area contributed by atoms with Gasteiger partial charge in [0.05, 0.1) is 17.7 Å². The molecule has 1 amide bonds. The smallest absolute Gasteiger partial charge is 0.260 e. The van der Waals surface area contributed by atoms with Crippen LogP contribution in [0.3, 0.4) is 0 Å². The summed E-state index contributed by atoms with van der Waals surface area (Å²) in [6.07, 6.45) is 2.29. The molecule has 0 N–H and O–H groups in total. The Morgan fingerprint density at radius 3 is 2.36 bits per heavy atom. The van der Waals surface area contributed by atoms with Crippen molar-refractivity contribution < 1.29 is 9.53 Å². The van der Waals surface area contributed by atoms with Gasteiger partial charge < -0.3 is 9.64 Å². The van der Waals surface area contributed by atoms with E-state index in [4.69, 9.17) is 27.9 Å². The lowest BCUT2D eigenvalue weighted by atomic mass is 10.1. The summed E-state index contributed by atoms with van der Waals surface area (Å²) in [5.41, 5.74) is 2.16. The summed E-state index contributed by atoms with van der Waals surface area (Å²) in [4.78, 5) is 15.2. The molecular formula is C20H21Cl2NO2. The molecule has 2 aromatic rings. The molecule has 2 aromatic carbocycles. The van der Waals surface area contributed by atoms with Crippen LogP contribution < -0.4 is 9.64 Å². The lowest BCUT2D eigenvalue weighted by molar-refractivity contribution is 0.0975. The molecule has 3 nitrogen and oxygen atoms in total. The molecule has 132 valence electrons. The van der Waals surface area contributed by atoms with Crippen LogP contribution in [0.1, 0.15) is 35.7 Å². The lowest BCUT2D eigenvalue weighted by Gasteiger charge is -2.30. The molecule has 5 heteroatoms. The first-order chi connectivity index (χ1) is 11.9. The Morgan fingerprint density at radius 1 is 1.16 bits per heavy atom. The predicted octanol–water partition coefficient (Wildman–Crippen LogP) is 5.76. The van der Waals surface area contributed by atoms with Crippen molar-refractivity contribution in [2.45, 2.75) is 32.7 Å². The Balaban J connectivity index is 2.01. The second-order valence-corrected chi connectivity index (χ2v) is 7.35. The monoisotopic (exact) mass is 377 g/mol. The maximum absolute atomic E-state index is 13.3. The first-order valence-corrected chi connectivity index (χ1v) is 9.11. The number of carbonyl (C=O) groups excluding carboxylic acids is 1. The van der Waals surface area contributed by atoms with Crippen molar-refractivity contribution in [1.29, 1.82) is 0 Å². The number of anilines is 1. The molecule has 0 bridgehead atoms. The third-order valence-corrected chi connectivity index (χ3v) is 5.48. The molecule has 1 aliphatic carbocycles. The summed E-state index contributed by atoms with van der Waals surface area (Å²) in [6.45, 7) is 3.97. The first kappa shape index (κ1) is 18.1. The minimum absolute atomic E-state index is 0.102. The zero-order valence-corrected chi connectivity index (χ0v) is 16.1. The highest BCUT2D eigenvalue weighted by Gasteiger charge is 2.36. The van der Waals surface area contributed by atoms with Crippen LogP contribution in [0, 0.1) is 12.8 Å². The molecule has 1 fully saturated rings. The Morgan fingerprint density at radius 2 is 1.80 bits per heavy atom. The first-order valence-electron chi connectivity index (χ1n) is 8.35. The van der Waals surface area contributed by atoms with Gasteiger partial charge in [-0.05, 0) is 74.6 Å². The van der Waals surface area contributed by atoms with Crippen molar-refractivity contribution in [1.82, 2.24) is 0 Å². The standard InChI is InChI=1S/C20H21Cl2NO2/c1-12-10-17(19(22)11-18(12)21)20(24)23(13(2)14-4-5-14)15-6-8-16(25-3)9-7-15/h6-11,13-14H,4-5H2,1-3H3/t13-/m1/s1. The van der Waals surface area contributed by atoms with Crippen LogP contribution in [0.2, 0.25) is 10.0 Å². The fourth-order valence-corrected chi connectivity index (χ4v) is 3.48. The topological polar surface area (TPSA) is 29.5 Å². The molecule has 0 radical (unpaired) electrons. The molecule has 1 atom stereocenters. The summed E-state index contributed by atoms with van der Waals surface area (Å²) in [5.74, 6) is 1.18. The zero-order valence-electron chi connectivity index (χ0n) is 14.6. The van der Waals surface area contributed by atoms with Crippen molar-refractivity contribution in [2.75, 3.05) is 12.0 Å². The summed E-state index contributed by atoms with van der Waals surface area (Å²) in [7, 11) is 1.63. The second-order valence-electron chi connectivity index (χ2n) is 6.53. The van der Waals surface area contributed by atoms with Crippen LogP contribution in [0.5, 0.6) is 5.75 Å². The minimum atomic E-state index is -0.102. The lowest BCUT2D eigenvalue weighted by Crippen LogP contribution is -2.40. The van der Waals surface area contributed by atoms with Gasteiger partial charge in [-0.25, -0.2) is 0 Å². The van der Waals surface area contributed by atoms with Crippen LogP contribution in [0.4, 0.5) is 5.69 Å². The predicted molar refractivity (Wildman–Crippen MR) is 103 cm³/mol. The highest BCUT2D eigenvalue weighted by Crippen LogP contribution is 2.38. The number of amides is 1. The fourth-order valence-electron chi connectivity index (χ4n) is 3.02. The molecule has 0 unspecified atom stereocenters. The summed E-state index contributed by atoms with van der Waals surface area (Å²) in [6, 6.07) is 11.1. The SMILES string of the molecule is COc1ccc(N(C(=O)c2cc(C)c(Cl)cc2Cl)[C@H](C)C2CC2)cc1. The van der Waals surface area contributed by atoms with Crippen LogP contribution in [0.15, 0.2) is 36.4 Å². The van der Waals surface area contributed by atoms with E-state index >= 15 is 0 Å². The van der Waals surface area contributed by atoms with E-state index < -0.39 is 0 Å². The molecule has 0 heterocycles. The van der Waals surface area contributed by atoms with Gasteiger partial charge in [-0.1, -0.05) is 23.2 Å². The van der Waals surface area contributed by atoms with Gasteiger partial charge >= 0.3 is 0 Å². The molecule has 0 spiro atoms. The second kappa shape index (κ2) is 7.27. The highest BCUT2D eigenvalue weighted by molar-refractivity contribution is 6.37. The third-order valence-electron chi connectivity index (χ3n) is 4.76. The van der Waals surface area contributed by atoms with E-state index in [-0.39, 0.29) is 11.9 Å². The van der Waals surface area contributed by atoms with E-state index in [0.29, 0.717) is 21.5 Å². The number of carbonyl (C=O) groups is 1. The Labute approximate surface area is 158 Å². The molecule has 3 rings (SSSR count). The zero-order chi connectivity index (χ0) is 18.1. The molecule has 1 saturated carbocycles. The van der Waals surface area contributed by atoms with Crippen LogP contribution in [-0.4, -0.2) is 19.1 Å². The molecule has 25 heavy (non-hydrogen) atoms. The van der Waals surface area contributed by atoms with Crippen molar-refractivity contribution in [3.63, 3.8) is 0 Å². The number of rotatable bonds is 5. The van der Waals surface area contributed by atoms with Crippen LogP contribution in [0.25, 0.3) is 0 Å². The average molecular weight is 378 g/mol. The van der Waals surface area contributed by atoms with Gasteiger partial charge in [0.25, 0.3) is 5.91 Å².